The van der Waals surface area contributed by atoms with Gasteiger partial charge in [0.2, 0.25) is 0 Å². The van der Waals surface area contributed by atoms with E-state index in [0.29, 0.717) is 23.5 Å². The zero-order chi connectivity index (χ0) is 19.6. The summed E-state index contributed by atoms with van der Waals surface area (Å²) in [5.41, 5.74) is 0.901. The Balaban J connectivity index is 2.01. The molecule has 138 valence electrons. The summed E-state index contributed by atoms with van der Waals surface area (Å²) in [6, 6.07) is 13.7. The van der Waals surface area contributed by atoms with Crippen LogP contribution in [0.1, 0.15) is 12.5 Å². The van der Waals surface area contributed by atoms with E-state index in [-0.39, 0.29) is 18.1 Å². The van der Waals surface area contributed by atoms with Gasteiger partial charge in [0.1, 0.15) is 23.2 Å². The first-order valence-electron chi connectivity index (χ1n) is 8.20. The van der Waals surface area contributed by atoms with E-state index in [1.54, 1.807) is 24.3 Å². The lowest BCUT2D eigenvalue weighted by Gasteiger charge is -2.07. The summed E-state index contributed by atoms with van der Waals surface area (Å²) in [4.78, 5) is 23.5. The quantitative estimate of drug-likeness (QED) is 0.581. The van der Waals surface area contributed by atoms with Crippen LogP contribution in [-0.4, -0.2) is 25.0 Å². The standard InChI is InChI=1S/C20H18FN3O3/c1-2-23-19(25)13-27-18-9-3-14(4-10-18)11-15(12-22)20(26)24-17-7-5-16(21)6-8-17/h3-11H,2,13H2,1H3,(H,23,25)(H,24,26)/b15-11-. The molecule has 27 heavy (non-hydrogen) atoms. The molecule has 0 spiro atoms. The van der Waals surface area contributed by atoms with Gasteiger partial charge in [-0.15, -0.1) is 0 Å². The van der Waals surface area contributed by atoms with Crippen molar-refractivity contribution < 1.29 is 18.7 Å². The predicted molar refractivity (Wildman–Crippen MR) is 99.2 cm³/mol. The molecule has 0 fully saturated rings. The maximum Gasteiger partial charge on any atom is 0.266 e. The monoisotopic (exact) mass is 367 g/mol. The molecule has 0 aromatic heterocycles. The number of carbonyl (C=O) groups excluding carboxylic acids is 2. The fraction of sp³-hybridized carbons (Fsp3) is 0.150. The molecular weight excluding hydrogens is 349 g/mol. The number of nitrogens with zero attached hydrogens (tertiary/aromatic N) is 1. The van der Waals surface area contributed by atoms with Crippen molar-refractivity contribution in [1.82, 2.24) is 5.32 Å². The number of benzene rings is 2. The second-order valence-corrected chi connectivity index (χ2v) is 5.44. The second kappa shape index (κ2) is 9.73. The van der Waals surface area contributed by atoms with Crippen LogP contribution in [0.25, 0.3) is 6.08 Å². The third-order valence-electron chi connectivity index (χ3n) is 3.40. The molecule has 0 atom stereocenters. The molecular formula is C20H18FN3O3. The lowest BCUT2D eigenvalue weighted by atomic mass is 10.1. The number of hydrogen-bond donors (Lipinski definition) is 2. The molecule has 0 saturated heterocycles. The fourth-order valence-electron chi connectivity index (χ4n) is 2.10. The van der Waals surface area contributed by atoms with E-state index in [9.17, 15) is 19.2 Å². The minimum absolute atomic E-state index is 0.0907. The highest BCUT2D eigenvalue weighted by Gasteiger charge is 2.10. The Morgan fingerprint density at radius 1 is 1.15 bits per heavy atom. The van der Waals surface area contributed by atoms with Gasteiger partial charge in [-0.3, -0.25) is 9.59 Å². The van der Waals surface area contributed by atoms with Crippen molar-refractivity contribution in [2.24, 2.45) is 0 Å². The molecule has 2 N–H and O–H groups in total. The van der Waals surface area contributed by atoms with E-state index in [0.717, 1.165) is 0 Å². The van der Waals surface area contributed by atoms with Gasteiger partial charge >= 0.3 is 0 Å². The van der Waals surface area contributed by atoms with E-state index in [2.05, 4.69) is 10.6 Å². The molecule has 6 nitrogen and oxygen atoms in total. The minimum atomic E-state index is -0.597. The molecule has 0 aliphatic rings. The maximum atomic E-state index is 12.9. The van der Waals surface area contributed by atoms with Gasteiger partial charge in [-0.1, -0.05) is 12.1 Å². The molecule has 2 rings (SSSR count). The molecule has 0 unspecified atom stereocenters. The predicted octanol–water partition coefficient (Wildman–Crippen LogP) is 2.89. The number of rotatable bonds is 7. The molecule has 0 radical (unpaired) electrons. The van der Waals surface area contributed by atoms with Crippen LogP contribution in [0.4, 0.5) is 10.1 Å². The van der Waals surface area contributed by atoms with Gasteiger partial charge in [-0.05, 0) is 55.0 Å². The number of hydrogen-bond acceptors (Lipinski definition) is 4. The van der Waals surface area contributed by atoms with Crippen LogP contribution < -0.4 is 15.4 Å². The van der Waals surface area contributed by atoms with E-state index in [1.165, 1.54) is 30.3 Å². The average molecular weight is 367 g/mol. The highest BCUT2D eigenvalue weighted by Crippen LogP contribution is 2.16. The van der Waals surface area contributed by atoms with Gasteiger partial charge in [0, 0.05) is 12.2 Å². The second-order valence-electron chi connectivity index (χ2n) is 5.44. The van der Waals surface area contributed by atoms with Gasteiger partial charge in [-0.25, -0.2) is 4.39 Å². The van der Waals surface area contributed by atoms with E-state index in [1.807, 2.05) is 13.0 Å². The fourth-order valence-corrected chi connectivity index (χ4v) is 2.10. The summed E-state index contributed by atoms with van der Waals surface area (Å²) in [5, 5.41) is 14.4. The smallest absolute Gasteiger partial charge is 0.266 e. The van der Waals surface area contributed by atoms with Crippen LogP contribution in [0, 0.1) is 17.1 Å². The molecule has 2 aromatic carbocycles. The Hall–Kier alpha value is -3.66. The number of likely N-dealkylation sites (N-methyl/N-ethyl adjacent to an activating group) is 1. The number of nitriles is 1. The van der Waals surface area contributed by atoms with E-state index in [4.69, 9.17) is 4.74 Å². The third-order valence-corrected chi connectivity index (χ3v) is 3.40. The Bertz CT molecular complexity index is 869. The topological polar surface area (TPSA) is 91.2 Å². The minimum Gasteiger partial charge on any atom is -0.484 e. The van der Waals surface area contributed by atoms with E-state index >= 15 is 0 Å². The zero-order valence-electron chi connectivity index (χ0n) is 14.7. The number of anilines is 1. The van der Waals surface area contributed by atoms with Crippen LogP contribution in [0.2, 0.25) is 0 Å². The van der Waals surface area contributed by atoms with Crippen molar-refractivity contribution in [3.8, 4) is 11.8 Å². The van der Waals surface area contributed by atoms with Gasteiger partial charge in [0.05, 0.1) is 0 Å². The van der Waals surface area contributed by atoms with Crippen LogP contribution in [-0.2, 0) is 9.59 Å². The van der Waals surface area contributed by atoms with Crippen molar-refractivity contribution in [2.75, 3.05) is 18.5 Å². The van der Waals surface area contributed by atoms with Crippen molar-refractivity contribution in [1.29, 1.82) is 5.26 Å². The largest absolute Gasteiger partial charge is 0.484 e. The van der Waals surface area contributed by atoms with Gasteiger partial charge in [0.25, 0.3) is 11.8 Å². The van der Waals surface area contributed by atoms with Crippen molar-refractivity contribution in [3.63, 3.8) is 0 Å². The Morgan fingerprint density at radius 2 is 1.81 bits per heavy atom. The number of carbonyl (C=O) groups is 2. The van der Waals surface area contributed by atoms with Crippen LogP contribution in [0.15, 0.2) is 54.1 Å². The van der Waals surface area contributed by atoms with Crippen molar-refractivity contribution in [2.45, 2.75) is 6.92 Å². The van der Waals surface area contributed by atoms with E-state index < -0.39 is 11.7 Å². The Labute approximate surface area is 156 Å². The molecule has 0 heterocycles. The van der Waals surface area contributed by atoms with Gasteiger partial charge < -0.3 is 15.4 Å². The first-order valence-corrected chi connectivity index (χ1v) is 8.20. The summed E-state index contributed by atoms with van der Waals surface area (Å²) in [6.45, 7) is 2.26. The summed E-state index contributed by atoms with van der Waals surface area (Å²) in [6.07, 6.45) is 1.42. The molecule has 2 aromatic rings. The van der Waals surface area contributed by atoms with Crippen LogP contribution in [0.3, 0.4) is 0 Å². The summed E-state index contributed by atoms with van der Waals surface area (Å²) < 4.78 is 18.2. The maximum absolute atomic E-state index is 12.9. The van der Waals surface area contributed by atoms with Crippen molar-refractivity contribution >= 4 is 23.6 Å². The normalized spacial score (nSPS) is 10.6. The van der Waals surface area contributed by atoms with Gasteiger partial charge in [0.15, 0.2) is 6.61 Å². The van der Waals surface area contributed by atoms with Gasteiger partial charge in [-0.2, -0.15) is 5.26 Å². The van der Waals surface area contributed by atoms with Crippen LogP contribution in [0.5, 0.6) is 5.75 Å². The lowest BCUT2D eigenvalue weighted by molar-refractivity contribution is -0.123. The van der Waals surface area contributed by atoms with Crippen LogP contribution >= 0.6 is 0 Å². The highest BCUT2D eigenvalue weighted by atomic mass is 19.1. The number of amides is 2. The molecule has 2 amide bonds. The van der Waals surface area contributed by atoms with Crippen molar-refractivity contribution in [3.05, 3.63) is 65.5 Å². The number of nitrogens with one attached hydrogen (secondary N) is 2. The average Bonchev–Trinajstić information content (AvgIpc) is 2.67. The summed E-state index contributed by atoms with van der Waals surface area (Å²) >= 11 is 0. The third kappa shape index (κ3) is 6.29. The molecule has 0 aliphatic heterocycles. The summed E-state index contributed by atoms with van der Waals surface area (Å²) in [7, 11) is 0. The summed E-state index contributed by atoms with van der Waals surface area (Å²) in [5.74, 6) is -0.738. The molecule has 0 aliphatic carbocycles. The SMILES string of the molecule is CCNC(=O)COc1ccc(/C=C(/C#N)C(=O)Nc2ccc(F)cc2)cc1. The molecule has 0 bridgehead atoms. The molecule has 7 heteroatoms. The number of halogens is 1. The highest BCUT2D eigenvalue weighted by molar-refractivity contribution is 6.09. The number of ether oxygens (including phenoxy) is 1. The Kier molecular flexibility index (Phi) is 7.08. The molecule has 0 saturated carbocycles. The first-order chi connectivity index (χ1) is 13.0. The zero-order valence-corrected chi connectivity index (χ0v) is 14.7. The Morgan fingerprint density at radius 3 is 2.41 bits per heavy atom. The lowest BCUT2D eigenvalue weighted by Crippen LogP contribution is -2.28. The first kappa shape index (κ1) is 19.7.